The lowest BCUT2D eigenvalue weighted by Crippen LogP contribution is -2.39. The van der Waals surface area contributed by atoms with Gasteiger partial charge in [-0.3, -0.25) is 4.79 Å². The summed E-state index contributed by atoms with van der Waals surface area (Å²) in [7, 11) is 0. The van der Waals surface area contributed by atoms with Gasteiger partial charge in [0.1, 0.15) is 0 Å². The Kier molecular flexibility index (Phi) is 17.2. The highest BCUT2D eigenvalue weighted by atomic mass is 32.2. The lowest BCUT2D eigenvalue weighted by atomic mass is 9.84. The average Bonchev–Trinajstić information content (AvgIpc) is 3.19. The molecule has 1 saturated heterocycles. The SMILES string of the molecule is CCCCCCCCCCCCCCCC(=O)Nc1cccc(C2OC(CSc3cccc[n+]3[O-])C(c3ccccc3)C(c3ccc(CO)cc3)O2)c1. The number of pyridine rings is 1. The molecule has 8 heteroatoms. The van der Waals surface area contributed by atoms with Crippen molar-refractivity contribution in [3.05, 3.63) is 131 Å². The molecular formula is C45H58N2O5S. The first kappa shape index (κ1) is 40.5. The number of rotatable bonds is 22. The van der Waals surface area contributed by atoms with Crippen molar-refractivity contribution in [1.29, 1.82) is 0 Å². The second-order valence-electron chi connectivity index (χ2n) is 14.2. The average molecular weight is 739 g/mol. The predicted octanol–water partition coefficient (Wildman–Crippen LogP) is 11.0. The van der Waals surface area contributed by atoms with Crippen LogP contribution in [0.2, 0.25) is 0 Å². The van der Waals surface area contributed by atoms with Crippen molar-refractivity contribution in [2.24, 2.45) is 0 Å². The highest BCUT2D eigenvalue weighted by molar-refractivity contribution is 7.99. The number of hydrogen-bond donors (Lipinski definition) is 2. The maximum absolute atomic E-state index is 13.0. The van der Waals surface area contributed by atoms with Crippen molar-refractivity contribution < 1.29 is 24.1 Å². The summed E-state index contributed by atoms with van der Waals surface area (Å²) in [4.78, 5) is 13.0. The molecule has 0 bridgehead atoms. The van der Waals surface area contributed by atoms with Gasteiger partial charge >= 0.3 is 0 Å². The van der Waals surface area contributed by atoms with Crippen molar-refractivity contribution in [3.8, 4) is 0 Å². The standard InChI is InChI=1S/C45H58N2O5S/c1-2-3-4-5-6-7-8-9-10-11-12-13-17-25-41(49)46-39-24-20-23-38(32-39)45-51-40(34-53-42-26-18-19-31-47(42)50)43(36-21-15-14-16-22-36)44(52-45)37-29-27-35(33-48)28-30-37/h14-16,18-24,26-32,40,43-45,48H,2-13,17,25,33-34H2,1H3,(H,46,49). The first-order valence-electron chi connectivity index (χ1n) is 19.8. The molecule has 0 aliphatic carbocycles. The number of thioether (sulfide) groups is 1. The van der Waals surface area contributed by atoms with Gasteiger partial charge in [0.05, 0.1) is 18.8 Å². The number of aromatic nitrogens is 1. The molecular weight excluding hydrogens is 681 g/mol. The number of unbranched alkanes of at least 4 members (excludes halogenated alkanes) is 12. The number of nitrogens with zero attached hydrogens (tertiary/aromatic N) is 1. The summed E-state index contributed by atoms with van der Waals surface area (Å²) in [5, 5.41) is 26.0. The summed E-state index contributed by atoms with van der Waals surface area (Å²) in [6.07, 6.45) is 17.2. The zero-order valence-electron chi connectivity index (χ0n) is 31.4. The van der Waals surface area contributed by atoms with Crippen molar-refractivity contribution >= 4 is 23.4 Å². The van der Waals surface area contributed by atoms with Crippen molar-refractivity contribution in [2.45, 2.75) is 133 Å². The zero-order chi connectivity index (χ0) is 37.1. The van der Waals surface area contributed by atoms with Crippen LogP contribution in [0, 0.1) is 5.21 Å². The van der Waals surface area contributed by atoms with Gasteiger partial charge in [0.15, 0.2) is 12.5 Å². The minimum atomic E-state index is -0.712. The van der Waals surface area contributed by atoms with Gasteiger partial charge in [-0.2, -0.15) is 4.73 Å². The molecule has 4 atom stereocenters. The van der Waals surface area contributed by atoms with Crippen LogP contribution in [0.4, 0.5) is 5.69 Å². The molecule has 4 unspecified atom stereocenters. The molecule has 7 nitrogen and oxygen atoms in total. The Labute approximate surface area is 321 Å². The van der Waals surface area contributed by atoms with E-state index in [2.05, 4.69) is 24.4 Å². The minimum absolute atomic E-state index is 0.0183. The maximum atomic E-state index is 13.0. The quantitative estimate of drug-likeness (QED) is 0.0361. The van der Waals surface area contributed by atoms with Crippen LogP contribution in [0.1, 0.15) is 137 Å². The maximum Gasteiger partial charge on any atom is 0.251 e. The first-order chi connectivity index (χ1) is 26.1. The van der Waals surface area contributed by atoms with Crippen LogP contribution in [0.15, 0.2) is 108 Å². The van der Waals surface area contributed by atoms with Gasteiger partial charge in [-0.15, -0.1) is 0 Å². The highest BCUT2D eigenvalue weighted by Gasteiger charge is 2.42. The van der Waals surface area contributed by atoms with Crippen LogP contribution < -0.4 is 10.0 Å². The Hall–Kier alpha value is -3.69. The van der Waals surface area contributed by atoms with E-state index >= 15 is 0 Å². The Morgan fingerprint density at radius 1 is 0.736 bits per heavy atom. The van der Waals surface area contributed by atoms with Crippen LogP contribution in [0.5, 0.6) is 0 Å². The van der Waals surface area contributed by atoms with Gasteiger partial charge in [0.2, 0.25) is 5.91 Å². The van der Waals surface area contributed by atoms with E-state index in [1.54, 1.807) is 6.07 Å². The van der Waals surface area contributed by atoms with Crippen LogP contribution in [-0.4, -0.2) is 22.9 Å². The molecule has 5 rings (SSSR count). The van der Waals surface area contributed by atoms with E-state index in [0.717, 1.165) is 39.8 Å². The van der Waals surface area contributed by atoms with Crippen molar-refractivity contribution in [1.82, 2.24) is 0 Å². The lowest BCUT2D eigenvalue weighted by Gasteiger charge is -2.43. The molecule has 0 radical (unpaired) electrons. The molecule has 284 valence electrons. The second kappa shape index (κ2) is 22.5. The topological polar surface area (TPSA) is 94.7 Å². The smallest absolute Gasteiger partial charge is 0.251 e. The largest absolute Gasteiger partial charge is 0.618 e. The summed E-state index contributed by atoms with van der Waals surface area (Å²) in [5.74, 6) is 0.364. The molecule has 1 aliphatic heterocycles. The summed E-state index contributed by atoms with van der Waals surface area (Å²) in [6, 6.07) is 31.2. The molecule has 2 heterocycles. The number of nitrogens with one attached hydrogen (secondary N) is 1. The summed E-state index contributed by atoms with van der Waals surface area (Å²) in [5.41, 5.74) is 4.39. The normalized spacial score (nSPS) is 18.5. The molecule has 1 aliphatic rings. The summed E-state index contributed by atoms with van der Waals surface area (Å²) >= 11 is 1.46. The van der Waals surface area contributed by atoms with Gasteiger partial charge in [-0.05, 0) is 41.3 Å². The minimum Gasteiger partial charge on any atom is -0.618 e. The Morgan fingerprint density at radius 2 is 1.38 bits per heavy atom. The number of carbonyl (C=O) groups is 1. The van der Waals surface area contributed by atoms with Gasteiger partial charge in [0, 0.05) is 41.5 Å². The third-order valence-corrected chi connectivity index (χ3v) is 11.2. The second-order valence-corrected chi connectivity index (χ2v) is 15.3. The molecule has 3 aromatic carbocycles. The number of anilines is 1. The first-order valence-corrected chi connectivity index (χ1v) is 20.8. The molecule has 0 spiro atoms. The highest BCUT2D eigenvalue weighted by Crippen LogP contribution is 2.48. The van der Waals surface area contributed by atoms with Crippen LogP contribution in [0.3, 0.4) is 0 Å². The number of benzene rings is 3. The van der Waals surface area contributed by atoms with Gasteiger partial charge in [-0.25, -0.2) is 0 Å². The molecule has 53 heavy (non-hydrogen) atoms. The van der Waals surface area contributed by atoms with Gasteiger partial charge < -0.3 is 25.1 Å². The Balaban J connectivity index is 1.20. The van der Waals surface area contributed by atoms with Crippen molar-refractivity contribution in [3.63, 3.8) is 0 Å². The molecule has 0 saturated carbocycles. The van der Waals surface area contributed by atoms with E-state index < -0.39 is 6.29 Å². The van der Waals surface area contributed by atoms with Crippen LogP contribution in [0.25, 0.3) is 0 Å². The van der Waals surface area contributed by atoms with Crippen molar-refractivity contribution in [2.75, 3.05) is 11.1 Å². The van der Waals surface area contributed by atoms with Crippen LogP contribution >= 0.6 is 11.8 Å². The zero-order valence-corrected chi connectivity index (χ0v) is 32.2. The summed E-state index contributed by atoms with van der Waals surface area (Å²) in [6.45, 7) is 2.23. The number of aliphatic hydroxyl groups is 1. The summed E-state index contributed by atoms with van der Waals surface area (Å²) < 4.78 is 14.5. The van der Waals surface area contributed by atoms with E-state index in [9.17, 15) is 15.1 Å². The number of ether oxygens (including phenoxy) is 2. The van der Waals surface area contributed by atoms with Gasteiger partial charge in [0.25, 0.3) is 5.03 Å². The fourth-order valence-corrected chi connectivity index (χ4v) is 8.12. The number of hydrogen-bond acceptors (Lipinski definition) is 6. The molecule has 1 fully saturated rings. The lowest BCUT2D eigenvalue weighted by molar-refractivity contribution is -0.645. The Morgan fingerprint density at radius 3 is 2.04 bits per heavy atom. The fraction of sp³-hybridized carbons (Fsp3) is 0.467. The van der Waals surface area contributed by atoms with E-state index in [4.69, 9.17) is 9.47 Å². The number of carbonyl (C=O) groups excluding carboxylic acids is 1. The van der Waals surface area contributed by atoms with E-state index in [1.165, 1.54) is 88.6 Å². The number of amides is 1. The van der Waals surface area contributed by atoms with E-state index in [1.807, 2.05) is 78.9 Å². The molecule has 1 aromatic heterocycles. The molecule has 1 amide bonds. The van der Waals surface area contributed by atoms with Gasteiger partial charge in [-0.1, -0.05) is 162 Å². The third kappa shape index (κ3) is 13.0. The fourth-order valence-electron chi connectivity index (χ4n) is 7.13. The monoisotopic (exact) mass is 738 g/mol. The Bertz CT molecular complexity index is 1640. The van der Waals surface area contributed by atoms with E-state index in [-0.39, 0.29) is 30.6 Å². The van der Waals surface area contributed by atoms with Crippen LogP contribution in [-0.2, 0) is 20.9 Å². The number of aliphatic hydroxyl groups excluding tert-OH is 1. The predicted molar refractivity (Wildman–Crippen MR) is 214 cm³/mol. The third-order valence-electron chi connectivity index (χ3n) is 10.1. The molecule has 4 aromatic rings. The molecule has 2 N–H and O–H groups in total. The van der Waals surface area contributed by atoms with E-state index in [0.29, 0.717) is 22.9 Å².